The second-order valence-electron chi connectivity index (χ2n) is 4.74. The molecule has 0 saturated carbocycles. The first-order valence-electron chi connectivity index (χ1n) is 6.95. The van der Waals surface area contributed by atoms with Gasteiger partial charge in [0.2, 0.25) is 0 Å². The second-order valence-corrected chi connectivity index (χ2v) is 4.74. The molecular weight excluding hydrogens is 343 g/mol. The van der Waals surface area contributed by atoms with Crippen LogP contribution in [-0.4, -0.2) is 27.5 Å². The molecule has 0 atom stereocenters. The Kier molecular flexibility index (Phi) is 5.18. The maximum Gasteiger partial charge on any atom is 0.435 e. The van der Waals surface area contributed by atoms with Crippen LogP contribution in [0.5, 0.6) is 5.75 Å². The van der Waals surface area contributed by atoms with E-state index in [1.807, 2.05) is 0 Å². The number of hydrogen-bond acceptors (Lipinski definition) is 4. The van der Waals surface area contributed by atoms with Crippen LogP contribution in [0.3, 0.4) is 0 Å². The maximum absolute atomic E-state index is 12.9. The lowest BCUT2D eigenvalue weighted by Crippen LogP contribution is -2.11. The molecule has 0 aliphatic carbocycles. The number of hydrogen-bond donors (Lipinski definition) is 1. The topological polar surface area (TPSA) is 113 Å². The van der Waals surface area contributed by atoms with Crippen LogP contribution in [0.4, 0.5) is 13.2 Å². The van der Waals surface area contributed by atoms with Gasteiger partial charge in [0.15, 0.2) is 11.4 Å². The summed E-state index contributed by atoms with van der Waals surface area (Å²) in [6.45, 7) is 1.88. The van der Waals surface area contributed by atoms with Gasteiger partial charge in [0, 0.05) is 11.0 Å². The monoisotopic (exact) mass is 355 g/mol. The lowest BCUT2D eigenvalue weighted by atomic mass is 10.1. The fourth-order valence-electron chi connectivity index (χ4n) is 2.12. The van der Waals surface area contributed by atoms with Crippen molar-refractivity contribution in [2.75, 3.05) is 6.61 Å². The van der Waals surface area contributed by atoms with Crippen LogP contribution in [0.2, 0.25) is 0 Å². The predicted octanol–water partition coefficient (Wildman–Crippen LogP) is 3.80. The number of halogens is 3. The fraction of sp³-hybridized carbons (Fsp3) is 0.286. The number of azide groups is 1. The molecule has 0 fully saturated rings. The van der Waals surface area contributed by atoms with E-state index in [1.165, 1.54) is 18.2 Å². The van der Waals surface area contributed by atoms with Crippen LogP contribution < -0.4 is 4.74 Å². The van der Waals surface area contributed by atoms with Crippen LogP contribution in [0.25, 0.3) is 16.1 Å². The Morgan fingerprint density at radius 3 is 2.72 bits per heavy atom. The highest BCUT2D eigenvalue weighted by Crippen LogP contribution is 2.31. The Bertz CT molecular complexity index is 841. The van der Waals surface area contributed by atoms with Gasteiger partial charge < -0.3 is 9.84 Å². The summed E-state index contributed by atoms with van der Waals surface area (Å²) in [7, 11) is 0. The van der Waals surface area contributed by atoms with Crippen LogP contribution in [0.15, 0.2) is 29.4 Å². The molecule has 0 spiro atoms. The number of aromatic carboxylic acids is 1. The molecule has 11 heteroatoms. The van der Waals surface area contributed by atoms with E-state index in [-0.39, 0.29) is 17.8 Å². The van der Waals surface area contributed by atoms with E-state index < -0.39 is 23.5 Å². The van der Waals surface area contributed by atoms with E-state index in [1.54, 1.807) is 6.92 Å². The molecule has 1 aromatic carbocycles. The van der Waals surface area contributed by atoms with Gasteiger partial charge in [0.05, 0.1) is 18.8 Å². The smallest absolute Gasteiger partial charge is 0.435 e. The zero-order chi connectivity index (χ0) is 18.6. The molecular formula is C14H12F3N5O3. The molecule has 0 unspecified atom stereocenters. The molecule has 0 radical (unpaired) electrons. The number of carboxylic acid groups (broad SMARTS) is 1. The molecule has 25 heavy (non-hydrogen) atoms. The molecule has 0 amide bonds. The largest absolute Gasteiger partial charge is 0.494 e. The first-order chi connectivity index (χ1) is 11.8. The molecule has 2 aromatic rings. The second kappa shape index (κ2) is 7.14. The zero-order valence-corrected chi connectivity index (χ0v) is 12.9. The van der Waals surface area contributed by atoms with Crippen LogP contribution in [0, 0.1) is 0 Å². The minimum atomic E-state index is -4.80. The summed E-state index contributed by atoms with van der Waals surface area (Å²) in [6.07, 6.45) is -4.80. The Hall–Kier alpha value is -3.20. The van der Waals surface area contributed by atoms with Crippen molar-refractivity contribution < 1.29 is 27.8 Å². The van der Waals surface area contributed by atoms with E-state index in [0.717, 1.165) is 0 Å². The Balaban J connectivity index is 2.65. The standard InChI is InChI=1S/C14H12F3N5O3/c1-2-25-9-3-4-10(8(5-9)7-19-21-18)22-11(13(23)24)6-12(20-22)14(15,16)17/h3-6H,2,7H2,1H3,(H,23,24). The maximum atomic E-state index is 12.9. The molecule has 1 N–H and O–H groups in total. The number of nitrogens with zero attached hydrogens (tertiary/aromatic N) is 5. The zero-order valence-electron chi connectivity index (χ0n) is 12.9. The molecule has 132 valence electrons. The highest BCUT2D eigenvalue weighted by atomic mass is 19.4. The SMILES string of the molecule is CCOc1ccc(-n2nc(C(F)(F)F)cc2C(=O)O)c(CN=[N+]=[N-])c1. The summed E-state index contributed by atoms with van der Waals surface area (Å²) < 4.78 is 44.6. The predicted molar refractivity (Wildman–Crippen MR) is 79.5 cm³/mol. The molecule has 1 heterocycles. The summed E-state index contributed by atoms with van der Waals surface area (Å²) >= 11 is 0. The first kappa shape index (κ1) is 18.1. The number of ether oxygens (including phenoxy) is 1. The average molecular weight is 355 g/mol. The van der Waals surface area contributed by atoms with E-state index in [2.05, 4.69) is 15.1 Å². The van der Waals surface area contributed by atoms with Crippen molar-refractivity contribution in [2.45, 2.75) is 19.6 Å². The van der Waals surface area contributed by atoms with Crippen molar-refractivity contribution in [3.63, 3.8) is 0 Å². The lowest BCUT2D eigenvalue weighted by Gasteiger charge is -2.12. The van der Waals surface area contributed by atoms with E-state index in [9.17, 15) is 23.1 Å². The van der Waals surface area contributed by atoms with E-state index >= 15 is 0 Å². The minimum Gasteiger partial charge on any atom is -0.494 e. The van der Waals surface area contributed by atoms with Gasteiger partial charge in [-0.15, -0.1) is 0 Å². The van der Waals surface area contributed by atoms with Crippen molar-refractivity contribution in [1.82, 2.24) is 9.78 Å². The number of rotatable bonds is 6. The third-order valence-corrected chi connectivity index (χ3v) is 3.11. The lowest BCUT2D eigenvalue weighted by molar-refractivity contribution is -0.141. The van der Waals surface area contributed by atoms with Gasteiger partial charge in [-0.2, -0.15) is 18.3 Å². The van der Waals surface area contributed by atoms with Crippen molar-refractivity contribution >= 4 is 5.97 Å². The molecule has 1 aromatic heterocycles. The molecule has 2 rings (SSSR count). The van der Waals surface area contributed by atoms with Crippen LogP contribution in [0.1, 0.15) is 28.7 Å². The van der Waals surface area contributed by atoms with E-state index in [4.69, 9.17) is 10.3 Å². The summed E-state index contributed by atoms with van der Waals surface area (Å²) in [6, 6.07) is 4.70. The minimum absolute atomic E-state index is 0.0451. The van der Waals surface area contributed by atoms with Gasteiger partial charge in [0.1, 0.15) is 5.75 Å². The van der Waals surface area contributed by atoms with Gasteiger partial charge in [-0.25, -0.2) is 9.48 Å². The highest BCUT2D eigenvalue weighted by Gasteiger charge is 2.36. The quantitative estimate of drug-likeness (QED) is 0.482. The Labute approximate surface area is 139 Å². The van der Waals surface area contributed by atoms with Crippen molar-refractivity contribution in [1.29, 1.82) is 0 Å². The number of aromatic nitrogens is 2. The molecule has 0 aliphatic rings. The molecule has 8 nitrogen and oxygen atoms in total. The van der Waals surface area contributed by atoms with E-state index in [0.29, 0.717) is 23.1 Å². The Morgan fingerprint density at radius 1 is 1.44 bits per heavy atom. The van der Waals surface area contributed by atoms with Gasteiger partial charge in [-0.1, -0.05) is 5.11 Å². The van der Waals surface area contributed by atoms with Crippen LogP contribution in [-0.2, 0) is 12.7 Å². The average Bonchev–Trinajstić information content (AvgIpc) is 2.99. The summed E-state index contributed by atoms with van der Waals surface area (Å²) in [5.41, 5.74) is 6.78. The van der Waals surface area contributed by atoms with Crippen molar-refractivity contribution in [3.05, 3.63) is 51.7 Å². The van der Waals surface area contributed by atoms with Crippen molar-refractivity contribution in [2.24, 2.45) is 5.11 Å². The summed E-state index contributed by atoms with van der Waals surface area (Å²) in [5.74, 6) is -1.18. The number of carboxylic acids is 1. The van der Waals surface area contributed by atoms with Crippen molar-refractivity contribution in [3.8, 4) is 11.4 Å². The van der Waals surface area contributed by atoms with Gasteiger partial charge in [0.25, 0.3) is 0 Å². The van der Waals surface area contributed by atoms with Gasteiger partial charge >= 0.3 is 12.1 Å². The van der Waals surface area contributed by atoms with Gasteiger partial charge in [-0.3, -0.25) is 0 Å². The van der Waals surface area contributed by atoms with Gasteiger partial charge in [-0.05, 0) is 36.2 Å². The highest BCUT2D eigenvalue weighted by molar-refractivity contribution is 5.86. The first-order valence-corrected chi connectivity index (χ1v) is 6.95. The summed E-state index contributed by atoms with van der Waals surface area (Å²) in [4.78, 5) is 13.9. The molecule has 0 bridgehead atoms. The third kappa shape index (κ3) is 4.01. The Morgan fingerprint density at radius 2 is 2.16 bits per heavy atom. The van der Waals surface area contributed by atoms with Crippen LogP contribution >= 0.6 is 0 Å². The number of alkyl halides is 3. The molecule has 0 saturated heterocycles. The number of benzene rings is 1. The number of carbonyl (C=O) groups is 1. The fourth-order valence-corrected chi connectivity index (χ4v) is 2.12. The normalized spacial score (nSPS) is 11.0. The summed E-state index contributed by atoms with van der Waals surface area (Å²) in [5, 5.41) is 15.9. The third-order valence-electron chi connectivity index (χ3n) is 3.11. The molecule has 0 aliphatic heterocycles.